The number of piperazine rings is 2. The minimum atomic E-state index is -0.205. The van der Waals surface area contributed by atoms with Crippen LogP contribution in [0.1, 0.15) is 11.1 Å². The monoisotopic (exact) mass is 819 g/mol. The number of amides is 2. The van der Waals surface area contributed by atoms with E-state index in [4.69, 9.17) is 0 Å². The van der Waals surface area contributed by atoms with Gasteiger partial charge in [-0.3, -0.25) is 9.59 Å². The van der Waals surface area contributed by atoms with Crippen LogP contribution in [0.2, 0.25) is 0 Å². The molecule has 0 unspecified atom stereocenters. The number of thioether (sulfide) groups is 2. The molecule has 0 aromatic heterocycles. The number of nitrogens with zero attached hydrogens (tertiary/aromatic N) is 7. The number of nitriles is 2. The van der Waals surface area contributed by atoms with Gasteiger partial charge < -0.3 is 35.1 Å². The van der Waals surface area contributed by atoms with E-state index in [2.05, 4.69) is 22.8 Å². The van der Waals surface area contributed by atoms with Gasteiger partial charge in [0.25, 0.3) is 11.8 Å². The third-order valence-electron chi connectivity index (χ3n) is 10.1. The molecule has 0 bridgehead atoms. The SMILES string of the molecule is CN(C)c1ccc(N2C(c3ccccc3)=CS/C2=C(\C#N)C(=O)N2CCNCC2)cc1.N#C/C(C(=O)N1CCNCC1)=C1\SC=C(c2ccccc2)N1c1ccccc1. The molecule has 2 amide bonds. The van der Waals surface area contributed by atoms with Crippen LogP contribution in [0.3, 0.4) is 0 Å². The molecule has 59 heavy (non-hydrogen) atoms. The lowest BCUT2D eigenvalue weighted by atomic mass is 10.1. The largest absolute Gasteiger partial charge is 0.378 e. The number of nitrogens with one attached hydrogen (secondary N) is 2. The molecule has 4 aliphatic rings. The Balaban J connectivity index is 0.000000180. The molecule has 0 spiro atoms. The summed E-state index contributed by atoms with van der Waals surface area (Å²) in [5, 5.41) is 31.7. The van der Waals surface area contributed by atoms with Crippen LogP contribution in [-0.4, -0.2) is 88.1 Å². The van der Waals surface area contributed by atoms with E-state index in [-0.39, 0.29) is 23.0 Å². The Morgan fingerprint density at radius 3 is 1.31 bits per heavy atom. The third kappa shape index (κ3) is 9.25. The molecule has 298 valence electrons. The van der Waals surface area contributed by atoms with Crippen LogP contribution in [0.5, 0.6) is 0 Å². The Bertz CT molecular complexity index is 2340. The van der Waals surface area contributed by atoms with E-state index in [1.54, 1.807) is 9.80 Å². The first-order valence-electron chi connectivity index (χ1n) is 19.5. The van der Waals surface area contributed by atoms with Crippen molar-refractivity contribution in [1.29, 1.82) is 10.5 Å². The molecule has 2 saturated heterocycles. The molecule has 0 saturated carbocycles. The van der Waals surface area contributed by atoms with Crippen molar-refractivity contribution in [2.24, 2.45) is 0 Å². The number of carbonyl (C=O) groups excluding carboxylic acids is 2. The van der Waals surface area contributed by atoms with Crippen LogP contribution in [0, 0.1) is 22.7 Å². The number of benzene rings is 4. The quantitative estimate of drug-likeness (QED) is 0.150. The number of hydrogen-bond donors (Lipinski definition) is 2. The second kappa shape index (κ2) is 19.5. The van der Waals surface area contributed by atoms with E-state index >= 15 is 0 Å². The average Bonchev–Trinajstić information content (AvgIpc) is 3.94. The maximum atomic E-state index is 13.2. The zero-order valence-electron chi connectivity index (χ0n) is 33.0. The predicted octanol–water partition coefficient (Wildman–Crippen LogP) is 6.88. The minimum Gasteiger partial charge on any atom is -0.378 e. The van der Waals surface area contributed by atoms with Crippen LogP contribution in [0.15, 0.2) is 147 Å². The maximum Gasteiger partial charge on any atom is 0.267 e. The Kier molecular flexibility index (Phi) is 13.5. The topological polar surface area (TPSA) is 122 Å². The second-order valence-electron chi connectivity index (χ2n) is 14.1. The predicted molar refractivity (Wildman–Crippen MR) is 240 cm³/mol. The molecular formula is C46H45N9O2S2. The first kappa shape index (κ1) is 41.0. The van der Waals surface area contributed by atoms with E-state index in [0.717, 1.165) is 65.8 Å². The van der Waals surface area contributed by atoms with Gasteiger partial charge in [0.15, 0.2) is 0 Å². The van der Waals surface area contributed by atoms with Gasteiger partial charge in [-0.05, 0) is 47.5 Å². The Morgan fingerprint density at radius 1 is 0.559 bits per heavy atom. The van der Waals surface area contributed by atoms with Crippen molar-refractivity contribution >= 4 is 63.8 Å². The number of para-hydroxylation sites is 1. The molecule has 2 N–H and O–H groups in total. The average molecular weight is 820 g/mol. The second-order valence-corrected chi connectivity index (χ2v) is 15.8. The number of rotatable bonds is 7. The Hall–Kier alpha value is -6.22. The van der Waals surface area contributed by atoms with Gasteiger partial charge in [0, 0.05) is 94.3 Å². The van der Waals surface area contributed by atoms with Crippen molar-refractivity contribution in [2.45, 2.75) is 0 Å². The van der Waals surface area contributed by atoms with Crippen LogP contribution in [-0.2, 0) is 9.59 Å². The van der Waals surface area contributed by atoms with Crippen molar-refractivity contribution in [2.75, 3.05) is 81.2 Å². The molecule has 11 nitrogen and oxygen atoms in total. The molecule has 8 rings (SSSR count). The summed E-state index contributed by atoms with van der Waals surface area (Å²) in [5.74, 6) is -0.403. The van der Waals surface area contributed by atoms with Crippen molar-refractivity contribution in [1.82, 2.24) is 20.4 Å². The van der Waals surface area contributed by atoms with E-state index in [0.29, 0.717) is 36.2 Å². The molecule has 4 aliphatic heterocycles. The number of hydrogen-bond acceptors (Lipinski definition) is 11. The van der Waals surface area contributed by atoms with Gasteiger partial charge in [-0.1, -0.05) is 102 Å². The van der Waals surface area contributed by atoms with Gasteiger partial charge in [0.05, 0.1) is 11.4 Å². The molecule has 13 heteroatoms. The summed E-state index contributed by atoms with van der Waals surface area (Å²) >= 11 is 2.86. The maximum absolute atomic E-state index is 13.2. The standard InChI is InChI=1S/C24H25N5OS.C22H20N4OS/c1-27(2)19-8-10-20(11-9-19)29-22(18-6-4-3-5-7-18)17-31-24(29)21(16-25)23(30)28-14-12-26-13-15-28;23-15-19(21(27)25-13-11-24-12-14-25)22-26(18-9-5-2-6-10-18)20(16-28-22)17-7-3-1-4-8-17/h3-11,17,26H,12-15H2,1-2H3;1-10,16,24H,11-14H2/b24-21+;22-19+. The fraction of sp³-hybridized carbons (Fsp3) is 0.217. The molecule has 0 aliphatic carbocycles. The zero-order valence-corrected chi connectivity index (χ0v) is 34.7. The highest BCUT2D eigenvalue weighted by Crippen LogP contribution is 2.46. The van der Waals surface area contributed by atoms with Crippen molar-refractivity contribution in [3.05, 3.63) is 158 Å². The summed E-state index contributed by atoms with van der Waals surface area (Å²) in [5.41, 5.74) is 7.31. The van der Waals surface area contributed by atoms with Crippen molar-refractivity contribution in [3.63, 3.8) is 0 Å². The minimum absolute atomic E-state index is 0.186. The van der Waals surface area contributed by atoms with Gasteiger partial charge in [-0.15, -0.1) is 0 Å². The Morgan fingerprint density at radius 2 is 0.932 bits per heavy atom. The Labute approximate surface area is 354 Å². The lowest BCUT2D eigenvalue weighted by Gasteiger charge is -2.29. The summed E-state index contributed by atoms with van der Waals surface area (Å²) in [4.78, 5) is 35.9. The van der Waals surface area contributed by atoms with E-state index in [1.807, 2.05) is 155 Å². The summed E-state index contributed by atoms with van der Waals surface area (Å²) in [7, 11) is 4.00. The molecule has 4 aromatic carbocycles. The lowest BCUT2D eigenvalue weighted by Crippen LogP contribution is -2.47. The van der Waals surface area contributed by atoms with Gasteiger partial charge in [0.1, 0.15) is 33.3 Å². The summed E-state index contributed by atoms with van der Waals surface area (Å²) in [6.45, 7) is 5.45. The zero-order chi connectivity index (χ0) is 41.1. The number of anilines is 3. The molecular weight excluding hydrogens is 775 g/mol. The first-order chi connectivity index (χ1) is 28.9. The lowest BCUT2D eigenvalue weighted by molar-refractivity contribution is -0.128. The molecule has 0 radical (unpaired) electrons. The smallest absolute Gasteiger partial charge is 0.267 e. The highest BCUT2D eigenvalue weighted by molar-refractivity contribution is 8.06. The van der Waals surface area contributed by atoms with E-state index in [1.165, 1.54) is 23.5 Å². The first-order valence-corrected chi connectivity index (χ1v) is 21.2. The summed E-state index contributed by atoms with van der Waals surface area (Å²) in [6, 6.07) is 42.5. The van der Waals surface area contributed by atoms with Crippen LogP contribution in [0.4, 0.5) is 17.1 Å². The third-order valence-corrected chi connectivity index (χ3v) is 12.0. The van der Waals surface area contributed by atoms with Gasteiger partial charge in [-0.25, -0.2) is 0 Å². The highest BCUT2D eigenvalue weighted by Gasteiger charge is 2.34. The van der Waals surface area contributed by atoms with Crippen molar-refractivity contribution in [3.8, 4) is 12.1 Å². The van der Waals surface area contributed by atoms with Gasteiger partial charge in [0.2, 0.25) is 0 Å². The normalized spacial score (nSPS) is 18.1. The number of carbonyl (C=O) groups is 2. The molecule has 4 aromatic rings. The van der Waals surface area contributed by atoms with Crippen LogP contribution < -0.4 is 25.3 Å². The molecule has 2 fully saturated rings. The summed E-state index contributed by atoms with van der Waals surface area (Å²) in [6.07, 6.45) is 0. The summed E-state index contributed by atoms with van der Waals surface area (Å²) < 4.78 is 0. The van der Waals surface area contributed by atoms with Crippen LogP contribution >= 0.6 is 23.5 Å². The van der Waals surface area contributed by atoms with Gasteiger partial charge in [-0.2, -0.15) is 10.5 Å². The molecule has 0 atom stereocenters. The van der Waals surface area contributed by atoms with E-state index < -0.39 is 0 Å². The van der Waals surface area contributed by atoms with E-state index in [9.17, 15) is 20.1 Å². The highest BCUT2D eigenvalue weighted by atomic mass is 32.2. The fourth-order valence-corrected chi connectivity index (χ4v) is 9.07. The van der Waals surface area contributed by atoms with Crippen molar-refractivity contribution < 1.29 is 9.59 Å². The molecule has 4 heterocycles. The fourth-order valence-electron chi connectivity index (χ4n) is 7.02. The van der Waals surface area contributed by atoms with Gasteiger partial charge >= 0.3 is 0 Å². The van der Waals surface area contributed by atoms with Crippen LogP contribution in [0.25, 0.3) is 11.4 Å².